The van der Waals surface area contributed by atoms with Gasteiger partial charge in [-0.15, -0.1) is 0 Å². The van der Waals surface area contributed by atoms with E-state index in [1.54, 1.807) is 29.2 Å². The van der Waals surface area contributed by atoms with Gasteiger partial charge in [0.15, 0.2) is 0 Å². The van der Waals surface area contributed by atoms with E-state index in [0.717, 1.165) is 12.1 Å². The Morgan fingerprint density at radius 3 is 2.46 bits per heavy atom. The van der Waals surface area contributed by atoms with E-state index < -0.39 is 6.04 Å². The van der Waals surface area contributed by atoms with E-state index in [9.17, 15) is 14.7 Å². The van der Waals surface area contributed by atoms with Crippen LogP contribution in [-0.2, 0) is 22.6 Å². The summed E-state index contributed by atoms with van der Waals surface area (Å²) in [6.45, 7) is 3.33. The van der Waals surface area contributed by atoms with Gasteiger partial charge in [0.05, 0.1) is 0 Å². The highest BCUT2D eigenvalue weighted by atomic mass is 16.3. The van der Waals surface area contributed by atoms with Crippen molar-refractivity contribution in [2.75, 3.05) is 6.54 Å². The Hall–Kier alpha value is -2.86. The molecule has 0 spiro atoms. The Morgan fingerprint density at radius 1 is 1.07 bits per heavy atom. The van der Waals surface area contributed by atoms with E-state index in [0.29, 0.717) is 19.4 Å². The van der Waals surface area contributed by atoms with Crippen LogP contribution in [-0.4, -0.2) is 46.5 Å². The Kier molecular flexibility index (Phi) is 5.05. The SMILES string of the molecule is Cc1ccc(CN[C@H]2C[C@H]3C(=O)N[C@@H](Cc4ccc(O)cc4)C(=O)N3C2)cc1. The summed E-state index contributed by atoms with van der Waals surface area (Å²) in [5, 5.41) is 15.8. The molecule has 2 aliphatic heterocycles. The molecule has 2 aromatic rings. The summed E-state index contributed by atoms with van der Waals surface area (Å²) in [5.41, 5.74) is 3.32. The molecule has 4 rings (SSSR count). The molecule has 2 aromatic carbocycles. The summed E-state index contributed by atoms with van der Waals surface area (Å²) in [7, 11) is 0. The average molecular weight is 379 g/mol. The number of carbonyl (C=O) groups is 2. The Labute approximate surface area is 164 Å². The lowest BCUT2D eigenvalue weighted by molar-refractivity contribution is -0.147. The number of nitrogens with one attached hydrogen (secondary N) is 2. The van der Waals surface area contributed by atoms with Crippen molar-refractivity contribution in [1.82, 2.24) is 15.5 Å². The van der Waals surface area contributed by atoms with E-state index in [-0.39, 0.29) is 29.6 Å². The molecule has 0 bridgehead atoms. The molecule has 3 N–H and O–H groups in total. The Bertz CT molecular complexity index is 864. The van der Waals surface area contributed by atoms with Gasteiger partial charge in [0.25, 0.3) is 0 Å². The van der Waals surface area contributed by atoms with Crippen molar-refractivity contribution in [2.24, 2.45) is 0 Å². The van der Waals surface area contributed by atoms with Gasteiger partial charge in [-0.05, 0) is 36.6 Å². The predicted molar refractivity (Wildman–Crippen MR) is 106 cm³/mol. The second kappa shape index (κ2) is 7.64. The van der Waals surface area contributed by atoms with Gasteiger partial charge in [0.2, 0.25) is 11.8 Å². The summed E-state index contributed by atoms with van der Waals surface area (Å²) in [4.78, 5) is 27.2. The first kappa shape index (κ1) is 18.5. The highest BCUT2D eigenvalue weighted by Gasteiger charge is 2.46. The number of hydrogen-bond acceptors (Lipinski definition) is 4. The van der Waals surface area contributed by atoms with Crippen LogP contribution in [0.4, 0.5) is 0 Å². The lowest BCUT2D eigenvalue weighted by Crippen LogP contribution is -2.61. The second-order valence-electron chi connectivity index (χ2n) is 7.74. The standard InChI is InChI=1S/C22H25N3O3/c1-14-2-4-16(5-3-14)12-23-17-11-20-21(27)24-19(22(28)25(20)13-17)10-15-6-8-18(26)9-7-15/h2-9,17,19-20,23,26H,10-13H2,1H3,(H,24,27)/t17-,19-,20-/m0/s1. The van der Waals surface area contributed by atoms with Crippen molar-refractivity contribution >= 4 is 11.8 Å². The molecule has 2 heterocycles. The van der Waals surface area contributed by atoms with Gasteiger partial charge in [-0.2, -0.15) is 0 Å². The first-order chi connectivity index (χ1) is 13.5. The van der Waals surface area contributed by atoms with E-state index in [4.69, 9.17) is 0 Å². The van der Waals surface area contributed by atoms with E-state index in [1.807, 2.05) is 0 Å². The van der Waals surface area contributed by atoms with Crippen molar-refractivity contribution in [3.05, 3.63) is 65.2 Å². The third-order valence-corrected chi connectivity index (χ3v) is 5.59. The smallest absolute Gasteiger partial charge is 0.246 e. The fraction of sp³-hybridized carbons (Fsp3) is 0.364. The number of piperazine rings is 1. The van der Waals surface area contributed by atoms with Crippen LogP contribution in [0.25, 0.3) is 0 Å². The minimum absolute atomic E-state index is 0.0303. The number of nitrogens with zero attached hydrogens (tertiary/aromatic N) is 1. The number of rotatable bonds is 5. The Morgan fingerprint density at radius 2 is 1.75 bits per heavy atom. The minimum atomic E-state index is -0.552. The number of amides is 2. The fourth-order valence-electron chi connectivity index (χ4n) is 3.98. The number of fused-ring (bicyclic) bond motifs is 1. The van der Waals surface area contributed by atoms with E-state index >= 15 is 0 Å². The molecule has 0 radical (unpaired) electrons. The molecule has 0 unspecified atom stereocenters. The topological polar surface area (TPSA) is 81.7 Å². The maximum atomic E-state index is 12.9. The molecular weight excluding hydrogens is 354 g/mol. The van der Waals surface area contributed by atoms with Crippen LogP contribution in [0.3, 0.4) is 0 Å². The first-order valence-electron chi connectivity index (χ1n) is 9.67. The maximum Gasteiger partial charge on any atom is 0.246 e. The highest BCUT2D eigenvalue weighted by molar-refractivity contribution is 5.97. The second-order valence-corrected chi connectivity index (χ2v) is 7.74. The summed E-state index contributed by atoms with van der Waals surface area (Å²) >= 11 is 0. The van der Waals surface area contributed by atoms with E-state index in [1.165, 1.54) is 11.1 Å². The number of phenolic OH excluding ortho intramolecular Hbond substituents is 1. The summed E-state index contributed by atoms with van der Waals surface area (Å²) in [6, 6.07) is 14.2. The van der Waals surface area contributed by atoms with Gasteiger partial charge in [-0.3, -0.25) is 9.59 Å². The molecule has 146 valence electrons. The minimum Gasteiger partial charge on any atom is -0.508 e. The van der Waals surface area contributed by atoms with Gasteiger partial charge < -0.3 is 20.6 Å². The van der Waals surface area contributed by atoms with Gasteiger partial charge in [-0.25, -0.2) is 0 Å². The molecule has 2 saturated heterocycles. The molecule has 0 aliphatic carbocycles. The van der Waals surface area contributed by atoms with Gasteiger partial charge >= 0.3 is 0 Å². The van der Waals surface area contributed by atoms with Crippen LogP contribution < -0.4 is 10.6 Å². The third-order valence-electron chi connectivity index (χ3n) is 5.59. The molecule has 28 heavy (non-hydrogen) atoms. The van der Waals surface area contributed by atoms with Crippen LogP contribution in [0.2, 0.25) is 0 Å². The largest absolute Gasteiger partial charge is 0.508 e. The van der Waals surface area contributed by atoms with Crippen molar-refractivity contribution < 1.29 is 14.7 Å². The van der Waals surface area contributed by atoms with Crippen LogP contribution in [0, 0.1) is 6.92 Å². The van der Waals surface area contributed by atoms with Crippen molar-refractivity contribution in [3.8, 4) is 5.75 Å². The Balaban J connectivity index is 1.38. The number of benzene rings is 2. The zero-order valence-corrected chi connectivity index (χ0v) is 15.9. The average Bonchev–Trinajstić information content (AvgIpc) is 3.12. The first-order valence-corrected chi connectivity index (χ1v) is 9.67. The summed E-state index contributed by atoms with van der Waals surface area (Å²) in [6.07, 6.45) is 1.06. The lowest BCUT2D eigenvalue weighted by Gasteiger charge is -2.34. The molecule has 0 aromatic heterocycles. The lowest BCUT2D eigenvalue weighted by atomic mass is 10.0. The number of aryl methyl sites for hydroxylation is 1. The van der Waals surface area contributed by atoms with E-state index in [2.05, 4.69) is 41.8 Å². The molecule has 2 aliphatic rings. The van der Waals surface area contributed by atoms with Crippen molar-refractivity contribution in [3.63, 3.8) is 0 Å². The highest BCUT2D eigenvalue weighted by Crippen LogP contribution is 2.24. The number of carbonyl (C=O) groups excluding carboxylic acids is 2. The quantitative estimate of drug-likeness (QED) is 0.735. The molecule has 3 atom stereocenters. The van der Waals surface area contributed by atoms with Crippen LogP contribution in [0.1, 0.15) is 23.1 Å². The number of phenols is 1. The van der Waals surface area contributed by atoms with Crippen molar-refractivity contribution in [1.29, 1.82) is 0 Å². The zero-order chi connectivity index (χ0) is 19.7. The molecule has 2 amide bonds. The molecule has 0 saturated carbocycles. The van der Waals surface area contributed by atoms with Crippen LogP contribution in [0.5, 0.6) is 5.75 Å². The molecule has 6 heteroatoms. The van der Waals surface area contributed by atoms with Crippen molar-refractivity contribution in [2.45, 2.75) is 44.4 Å². The third kappa shape index (κ3) is 3.87. The molecular formula is C22H25N3O3. The monoisotopic (exact) mass is 379 g/mol. The van der Waals surface area contributed by atoms with Gasteiger partial charge in [-0.1, -0.05) is 42.0 Å². The normalized spacial score (nSPS) is 24.2. The predicted octanol–water partition coefficient (Wildman–Crippen LogP) is 1.50. The summed E-state index contributed by atoms with van der Waals surface area (Å²) in [5.74, 6) is 0.0742. The number of hydrogen-bond donors (Lipinski definition) is 3. The zero-order valence-electron chi connectivity index (χ0n) is 15.9. The van der Waals surface area contributed by atoms with Crippen LogP contribution in [0.15, 0.2) is 48.5 Å². The maximum absolute atomic E-state index is 12.9. The summed E-state index contributed by atoms with van der Waals surface area (Å²) < 4.78 is 0. The number of aromatic hydroxyl groups is 1. The molecule has 2 fully saturated rings. The fourth-order valence-corrected chi connectivity index (χ4v) is 3.98. The van der Waals surface area contributed by atoms with Crippen LogP contribution >= 0.6 is 0 Å². The molecule has 6 nitrogen and oxygen atoms in total. The van der Waals surface area contributed by atoms with Gasteiger partial charge in [0, 0.05) is 25.6 Å². The van der Waals surface area contributed by atoms with Gasteiger partial charge in [0.1, 0.15) is 17.8 Å².